The van der Waals surface area contributed by atoms with E-state index >= 15 is 0 Å². The van der Waals surface area contributed by atoms with Crippen LogP contribution in [0.1, 0.15) is 25.3 Å². The fraction of sp³-hybridized carbons (Fsp3) is 0.444. The Labute approximate surface area is 164 Å². The van der Waals surface area contributed by atoms with E-state index < -0.39 is 15.9 Å². The third-order valence-corrected chi connectivity index (χ3v) is 6.93. The Morgan fingerprint density at radius 2 is 2.19 bits per heavy atom. The molecule has 1 aromatic carbocycles. The van der Waals surface area contributed by atoms with Crippen LogP contribution in [0.5, 0.6) is 0 Å². The van der Waals surface area contributed by atoms with Crippen LogP contribution in [0.2, 0.25) is 5.02 Å². The number of piperidine rings is 1. The molecule has 1 aromatic heterocycles. The highest BCUT2D eigenvalue weighted by Gasteiger charge is 2.34. The van der Waals surface area contributed by atoms with Crippen molar-refractivity contribution in [2.45, 2.75) is 38.3 Å². The summed E-state index contributed by atoms with van der Waals surface area (Å²) in [6.45, 7) is 4.98. The molecule has 3 rings (SSSR count). The predicted molar refractivity (Wildman–Crippen MR) is 104 cm³/mol. The molecule has 0 radical (unpaired) electrons. The van der Waals surface area contributed by atoms with Crippen molar-refractivity contribution in [1.29, 1.82) is 0 Å². The summed E-state index contributed by atoms with van der Waals surface area (Å²) in [5.74, 6) is -0.615. The van der Waals surface area contributed by atoms with Gasteiger partial charge in [0.2, 0.25) is 5.91 Å². The molecule has 9 heteroatoms. The molecule has 1 N–H and O–H groups in total. The fourth-order valence-electron chi connectivity index (χ4n) is 3.07. The molecule has 1 saturated heterocycles. The second kappa shape index (κ2) is 8.00. The van der Waals surface area contributed by atoms with E-state index in [1.807, 2.05) is 19.9 Å². The number of nitrogens with one attached hydrogen (secondary N) is 1. The first-order valence-electron chi connectivity index (χ1n) is 8.90. The standard InChI is InChI=1S/C18H23ClN4O3S/c1-3-22-11-17(20-12-22)27(25,26)23-8-4-5-14(10-23)18(24)21-15-7-6-13(2)16(19)9-15/h6-7,9,11-12,14H,3-5,8,10H2,1-2H3,(H,21,24)/t14-/m1/s1. The van der Waals surface area contributed by atoms with Crippen molar-refractivity contribution in [3.8, 4) is 0 Å². The number of nitrogens with zero attached hydrogens (tertiary/aromatic N) is 3. The predicted octanol–water partition coefficient (Wildman–Crippen LogP) is 2.90. The first kappa shape index (κ1) is 19.9. The average molecular weight is 411 g/mol. The molecule has 1 atom stereocenters. The molecule has 0 aliphatic carbocycles. The Balaban J connectivity index is 1.71. The molecular formula is C18H23ClN4O3S. The Morgan fingerprint density at radius 3 is 2.85 bits per heavy atom. The molecule has 7 nitrogen and oxygen atoms in total. The Kier molecular flexibility index (Phi) is 5.88. The number of imidazole rings is 1. The summed E-state index contributed by atoms with van der Waals surface area (Å²) < 4.78 is 28.7. The fourth-order valence-corrected chi connectivity index (χ4v) is 4.71. The Bertz CT molecular complexity index is 942. The van der Waals surface area contributed by atoms with Crippen molar-refractivity contribution in [1.82, 2.24) is 13.9 Å². The van der Waals surface area contributed by atoms with E-state index in [1.165, 1.54) is 16.8 Å². The highest BCUT2D eigenvalue weighted by molar-refractivity contribution is 7.89. The lowest BCUT2D eigenvalue weighted by atomic mass is 9.98. The monoisotopic (exact) mass is 410 g/mol. The van der Waals surface area contributed by atoms with Gasteiger partial charge in [0.25, 0.3) is 10.0 Å². The number of amides is 1. The van der Waals surface area contributed by atoms with Crippen molar-refractivity contribution >= 4 is 33.2 Å². The van der Waals surface area contributed by atoms with Crippen LogP contribution < -0.4 is 5.32 Å². The molecule has 0 spiro atoms. The zero-order valence-corrected chi connectivity index (χ0v) is 16.9. The number of hydrogen-bond acceptors (Lipinski definition) is 4. The number of halogens is 1. The number of hydrogen-bond donors (Lipinski definition) is 1. The van der Waals surface area contributed by atoms with Crippen LogP contribution in [0.4, 0.5) is 5.69 Å². The number of aryl methyl sites for hydroxylation is 2. The Morgan fingerprint density at radius 1 is 1.41 bits per heavy atom. The lowest BCUT2D eigenvalue weighted by Gasteiger charge is -2.30. The van der Waals surface area contributed by atoms with Crippen LogP contribution in [-0.2, 0) is 21.4 Å². The number of carbonyl (C=O) groups excluding carboxylic acids is 1. The van der Waals surface area contributed by atoms with Crippen molar-refractivity contribution in [3.05, 3.63) is 41.3 Å². The molecule has 146 valence electrons. The summed E-state index contributed by atoms with van der Waals surface area (Å²) >= 11 is 6.10. The van der Waals surface area contributed by atoms with Gasteiger partial charge >= 0.3 is 0 Å². The molecule has 27 heavy (non-hydrogen) atoms. The van der Waals surface area contributed by atoms with Gasteiger partial charge in [-0.25, -0.2) is 13.4 Å². The molecule has 2 heterocycles. The molecular weight excluding hydrogens is 388 g/mol. The lowest BCUT2D eigenvalue weighted by Crippen LogP contribution is -2.43. The minimum Gasteiger partial charge on any atom is -0.336 e. The second-order valence-corrected chi connectivity index (χ2v) is 8.99. The van der Waals surface area contributed by atoms with E-state index in [4.69, 9.17) is 11.6 Å². The normalized spacial score (nSPS) is 18.4. The largest absolute Gasteiger partial charge is 0.336 e. The smallest absolute Gasteiger partial charge is 0.262 e. The van der Waals surface area contributed by atoms with Gasteiger partial charge in [0.05, 0.1) is 12.2 Å². The van der Waals surface area contributed by atoms with Crippen molar-refractivity contribution in [2.75, 3.05) is 18.4 Å². The van der Waals surface area contributed by atoms with Crippen LogP contribution in [0, 0.1) is 12.8 Å². The van der Waals surface area contributed by atoms with Crippen LogP contribution in [0.25, 0.3) is 0 Å². The maximum atomic E-state index is 12.8. The van der Waals surface area contributed by atoms with Gasteiger partial charge in [-0.3, -0.25) is 4.79 Å². The number of rotatable bonds is 5. The van der Waals surface area contributed by atoms with Gasteiger partial charge < -0.3 is 9.88 Å². The van der Waals surface area contributed by atoms with Gasteiger partial charge in [-0.05, 0) is 44.4 Å². The van der Waals surface area contributed by atoms with Gasteiger partial charge in [-0.2, -0.15) is 4.31 Å². The first-order valence-corrected chi connectivity index (χ1v) is 10.7. The topological polar surface area (TPSA) is 84.3 Å². The maximum absolute atomic E-state index is 12.8. The van der Waals surface area contributed by atoms with Crippen LogP contribution in [0.3, 0.4) is 0 Å². The quantitative estimate of drug-likeness (QED) is 0.821. The third-order valence-electron chi connectivity index (χ3n) is 4.77. The summed E-state index contributed by atoms with van der Waals surface area (Å²) in [5.41, 5.74) is 1.54. The molecule has 0 unspecified atom stereocenters. The lowest BCUT2D eigenvalue weighted by molar-refractivity contribution is -0.120. The minimum absolute atomic E-state index is 0.0238. The molecule has 1 amide bonds. The number of benzene rings is 1. The van der Waals surface area contributed by atoms with Gasteiger partial charge in [0.1, 0.15) is 0 Å². The summed E-state index contributed by atoms with van der Waals surface area (Å²) in [6, 6.07) is 5.32. The molecule has 1 fully saturated rings. The first-order chi connectivity index (χ1) is 12.8. The van der Waals surface area contributed by atoms with E-state index in [-0.39, 0.29) is 17.5 Å². The zero-order valence-electron chi connectivity index (χ0n) is 15.4. The minimum atomic E-state index is -3.70. The van der Waals surface area contributed by atoms with Crippen LogP contribution in [0.15, 0.2) is 35.7 Å². The van der Waals surface area contributed by atoms with E-state index in [0.29, 0.717) is 36.6 Å². The molecule has 0 saturated carbocycles. The van der Waals surface area contributed by atoms with Gasteiger partial charge in [0.15, 0.2) is 5.03 Å². The Hall–Kier alpha value is -1.90. The van der Waals surface area contributed by atoms with E-state index in [0.717, 1.165) is 5.56 Å². The number of sulfonamides is 1. The van der Waals surface area contributed by atoms with Crippen molar-refractivity contribution < 1.29 is 13.2 Å². The van der Waals surface area contributed by atoms with Crippen LogP contribution in [-0.4, -0.2) is 41.3 Å². The molecule has 2 aromatic rings. The third kappa shape index (κ3) is 4.34. The van der Waals surface area contributed by atoms with Crippen molar-refractivity contribution in [3.63, 3.8) is 0 Å². The SMILES string of the molecule is CCn1cnc(S(=O)(=O)N2CCC[C@@H](C(=O)Nc3ccc(C)c(Cl)c3)C2)c1. The summed E-state index contributed by atoms with van der Waals surface area (Å²) in [5, 5.41) is 3.44. The van der Waals surface area contributed by atoms with Gasteiger partial charge in [-0.15, -0.1) is 0 Å². The van der Waals surface area contributed by atoms with Crippen LogP contribution >= 0.6 is 11.6 Å². The summed E-state index contributed by atoms with van der Waals surface area (Å²) in [7, 11) is -3.70. The maximum Gasteiger partial charge on any atom is 0.262 e. The highest BCUT2D eigenvalue weighted by Crippen LogP contribution is 2.25. The van der Waals surface area contributed by atoms with E-state index in [9.17, 15) is 13.2 Å². The van der Waals surface area contributed by atoms with E-state index in [1.54, 1.807) is 16.7 Å². The summed E-state index contributed by atoms with van der Waals surface area (Å²) in [4.78, 5) is 16.6. The second-order valence-electron chi connectivity index (χ2n) is 6.70. The van der Waals surface area contributed by atoms with Crippen molar-refractivity contribution in [2.24, 2.45) is 5.92 Å². The number of anilines is 1. The van der Waals surface area contributed by atoms with Gasteiger partial charge in [-0.1, -0.05) is 17.7 Å². The zero-order chi connectivity index (χ0) is 19.6. The molecule has 0 bridgehead atoms. The highest BCUT2D eigenvalue weighted by atomic mass is 35.5. The number of carbonyl (C=O) groups is 1. The average Bonchev–Trinajstić information content (AvgIpc) is 3.15. The summed E-state index contributed by atoms with van der Waals surface area (Å²) in [6.07, 6.45) is 4.29. The van der Waals surface area contributed by atoms with Gasteiger partial charge in [0, 0.05) is 36.5 Å². The number of aromatic nitrogens is 2. The molecule has 1 aliphatic rings. The van der Waals surface area contributed by atoms with E-state index in [2.05, 4.69) is 10.3 Å². The molecule has 1 aliphatic heterocycles.